The Morgan fingerprint density at radius 2 is 2.00 bits per heavy atom. The molecule has 0 amide bonds. The summed E-state index contributed by atoms with van der Waals surface area (Å²) in [5.41, 5.74) is -1.05. The summed E-state index contributed by atoms with van der Waals surface area (Å²) in [5, 5.41) is 2.87. The highest BCUT2D eigenvalue weighted by Crippen LogP contribution is 2.42. The molecule has 0 saturated heterocycles. The zero-order valence-electron chi connectivity index (χ0n) is 9.07. The molecule has 1 aliphatic rings. The molecule has 1 atom stereocenters. The van der Waals surface area contributed by atoms with E-state index < -0.39 is 11.7 Å². The van der Waals surface area contributed by atoms with Gasteiger partial charge < -0.3 is 0 Å². The molecule has 6 heteroatoms. The van der Waals surface area contributed by atoms with Gasteiger partial charge in [0.1, 0.15) is 5.54 Å². The molecule has 1 unspecified atom stereocenters. The fraction of sp³-hybridized carbons (Fsp3) is 0.455. The van der Waals surface area contributed by atoms with Gasteiger partial charge >= 0.3 is 6.18 Å². The van der Waals surface area contributed by atoms with Gasteiger partial charge in [0.15, 0.2) is 0 Å². The monoisotopic (exact) mass is 285 g/mol. The van der Waals surface area contributed by atoms with Gasteiger partial charge in [0.05, 0.1) is 0 Å². The number of nitrogens with one attached hydrogen (secondary N) is 1. The van der Waals surface area contributed by atoms with Crippen molar-refractivity contribution in [2.75, 3.05) is 6.54 Å². The van der Waals surface area contributed by atoms with Crippen LogP contribution in [-0.2, 0) is 12.0 Å². The maximum atomic E-state index is 13.0. The average Bonchev–Trinajstić information content (AvgIpc) is 2.18. The van der Waals surface area contributed by atoms with Crippen molar-refractivity contribution in [2.45, 2.75) is 25.1 Å². The van der Waals surface area contributed by atoms with Gasteiger partial charge in [-0.25, -0.2) is 0 Å². The lowest BCUT2D eigenvalue weighted by molar-refractivity contribution is -0.196. The second-order valence-electron chi connectivity index (χ2n) is 4.10. The molecule has 1 aromatic rings. The summed E-state index contributed by atoms with van der Waals surface area (Å²) in [6.07, 6.45) is -3.73. The standard InChI is InChI=1S/C11H11ClF3N.ClH/c1-10(11(13,14)15)9-6-8(12)3-2-7(9)4-5-16-10;/h2-3,6,16H,4-5H2,1H3;1H. The third kappa shape index (κ3) is 2.39. The molecule has 1 aliphatic heterocycles. The van der Waals surface area contributed by atoms with Crippen molar-refractivity contribution < 1.29 is 13.2 Å². The SMILES string of the molecule is CC1(C(F)(F)F)NCCc2ccc(Cl)cc21.Cl. The van der Waals surface area contributed by atoms with Gasteiger partial charge in [0, 0.05) is 11.6 Å². The van der Waals surface area contributed by atoms with Crippen molar-refractivity contribution in [3.8, 4) is 0 Å². The molecule has 0 aromatic heterocycles. The first-order valence-corrected chi connectivity index (χ1v) is 5.33. The summed E-state index contributed by atoms with van der Waals surface area (Å²) in [6.45, 7) is 1.48. The lowest BCUT2D eigenvalue weighted by atomic mass is 9.83. The van der Waals surface area contributed by atoms with Crippen LogP contribution in [0, 0.1) is 0 Å². The first kappa shape index (κ1) is 14.6. The number of fused-ring (bicyclic) bond motifs is 1. The molecular formula is C11H12Cl2F3N. The fourth-order valence-electron chi connectivity index (χ4n) is 2.03. The van der Waals surface area contributed by atoms with Gasteiger partial charge in [-0.3, -0.25) is 5.32 Å². The van der Waals surface area contributed by atoms with E-state index in [-0.39, 0.29) is 18.0 Å². The number of hydrogen-bond acceptors (Lipinski definition) is 1. The molecule has 17 heavy (non-hydrogen) atoms. The van der Waals surface area contributed by atoms with Gasteiger partial charge in [0.25, 0.3) is 0 Å². The molecule has 0 bridgehead atoms. The number of hydrogen-bond donors (Lipinski definition) is 1. The Bertz CT molecular complexity index is 420. The molecule has 1 heterocycles. The minimum atomic E-state index is -4.33. The molecule has 0 spiro atoms. The van der Waals surface area contributed by atoms with Gasteiger partial charge in [0.2, 0.25) is 0 Å². The Morgan fingerprint density at radius 3 is 2.59 bits per heavy atom. The van der Waals surface area contributed by atoms with Gasteiger partial charge in [-0.2, -0.15) is 13.2 Å². The number of benzene rings is 1. The van der Waals surface area contributed by atoms with E-state index in [0.717, 1.165) is 6.92 Å². The summed E-state index contributed by atoms with van der Waals surface area (Å²) in [5.74, 6) is 0. The molecular weight excluding hydrogens is 274 g/mol. The Kier molecular flexibility index (Phi) is 4.01. The van der Waals surface area contributed by atoms with Crippen LogP contribution in [0.2, 0.25) is 5.02 Å². The van der Waals surface area contributed by atoms with Crippen molar-refractivity contribution in [1.82, 2.24) is 5.32 Å². The van der Waals surface area contributed by atoms with Crippen molar-refractivity contribution in [2.24, 2.45) is 0 Å². The first-order chi connectivity index (χ1) is 7.34. The molecule has 0 radical (unpaired) electrons. The Hall–Kier alpha value is -0.450. The summed E-state index contributed by atoms with van der Waals surface area (Å²) in [7, 11) is 0. The van der Waals surface area contributed by atoms with Crippen LogP contribution in [-0.4, -0.2) is 12.7 Å². The largest absolute Gasteiger partial charge is 0.410 e. The first-order valence-electron chi connectivity index (χ1n) is 4.95. The van der Waals surface area contributed by atoms with Crippen molar-refractivity contribution >= 4 is 24.0 Å². The van der Waals surface area contributed by atoms with E-state index in [1.165, 1.54) is 6.07 Å². The van der Waals surface area contributed by atoms with E-state index in [1.54, 1.807) is 12.1 Å². The zero-order valence-corrected chi connectivity index (χ0v) is 10.6. The summed E-state index contributed by atoms with van der Waals surface area (Å²) in [6, 6.07) is 4.70. The number of rotatable bonds is 0. The van der Waals surface area contributed by atoms with Crippen LogP contribution >= 0.6 is 24.0 Å². The lowest BCUT2D eigenvalue weighted by Gasteiger charge is -2.38. The van der Waals surface area contributed by atoms with Crippen LogP contribution in [0.4, 0.5) is 13.2 Å². The highest BCUT2D eigenvalue weighted by Gasteiger charge is 2.54. The summed E-state index contributed by atoms with van der Waals surface area (Å²) >= 11 is 5.76. The molecule has 0 saturated carbocycles. The topological polar surface area (TPSA) is 12.0 Å². The van der Waals surface area contributed by atoms with E-state index >= 15 is 0 Å². The second-order valence-corrected chi connectivity index (χ2v) is 4.54. The predicted octanol–water partition coefficient (Wildman–Crippen LogP) is 3.69. The minimum Gasteiger partial charge on any atom is -0.300 e. The Morgan fingerprint density at radius 1 is 1.35 bits per heavy atom. The van der Waals surface area contributed by atoms with Gasteiger partial charge in [-0.1, -0.05) is 17.7 Å². The maximum Gasteiger partial charge on any atom is 0.410 e. The van der Waals surface area contributed by atoms with E-state index in [1.807, 2.05) is 0 Å². The van der Waals surface area contributed by atoms with E-state index in [4.69, 9.17) is 11.6 Å². The quantitative estimate of drug-likeness (QED) is 0.767. The van der Waals surface area contributed by atoms with Crippen LogP contribution in [0.25, 0.3) is 0 Å². The molecule has 2 rings (SSSR count). The Balaban J connectivity index is 0.00000144. The minimum absolute atomic E-state index is 0. The van der Waals surface area contributed by atoms with Crippen LogP contribution in [0.5, 0.6) is 0 Å². The second kappa shape index (κ2) is 4.67. The Labute approximate surface area is 109 Å². The lowest BCUT2D eigenvalue weighted by Crippen LogP contribution is -2.55. The highest BCUT2D eigenvalue weighted by molar-refractivity contribution is 6.30. The molecule has 1 N–H and O–H groups in total. The van der Waals surface area contributed by atoms with Crippen molar-refractivity contribution in [1.29, 1.82) is 0 Å². The van der Waals surface area contributed by atoms with Crippen LogP contribution < -0.4 is 5.32 Å². The van der Waals surface area contributed by atoms with Crippen molar-refractivity contribution in [3.05, 3.63) is 34.3 Å². The summed E-state index contributed by atoms with van der Waals surface area (Å²) < 4.78 is 39.1. The number of halogens is 5. The molecule has 0 fully saturated rings. The molecule has 1 nitrogen and oxygen atoms in total. The van der Waals surface area contributed by atoms with Gasteiger partial charge in [-0.15, -0.1) is 12.4 Å². The summed E-state index contributed by atoms with van der Waals surface area (Å²) in [4.78, 5) is 0. The molecule has 96 valence electrons. The molecule has 1 aromatic carbocycles. The van der Waals surface area contributed by atoms with Crippen molar-refractivity contribution in [3.63, 3.8) is 0 Å². The van der Waals surface area contributed by atoms with E-state index in [2.05, 4.69) is 5.32 Å². The third-order valence-corrected chi connectivity index (χ3v) is 3.29. The fourth-order valence-corrected chi connectivity index (χ4v) is 2.20. The van der Waals surface area contributed by atoms with Crippen LogP contribution in [0.15, 0.2) is 18.2 Å². The zero-order chi connectivity index (χ0) is 12.0. The average molecular weight is 286 g/mol. The maximum absolute atomic E-state index is 13.0. The smallest absolute Gasteiger partial charge is 0.300 e. The molecule has 0 aliphatic carbocycles. The predicted molar refractivity (Wildman–Crippen MR) is 63.8 cm³/mol. The highest BCUT2D eigenvalue weighted by atomic mass is 35.5. The van der Waals surface area contributed by atoms with E-state index in [0.29, 0.717) is 23.6 Å². The van der Waals surface area contributed by atoms with E-state index in [9.17, 15) is 13.2 Å². The third-order valence-electron chi connectivity index (χ3n) is 3.05. The normalized spacial score (nSPS) is 23.8. The van der Waals surface area contributed by atoms with Gasteiger partial charge in [-0.05, 0) is 36.6 Å². The number of alkyl halides is 3. The van der Waals surface area contributed by atoms with Crippen LogP contribution in [0.3, 0.4) is 0 Å². The van der Waals surface area contributed by atoms with Crippen LogP contribution in [0.1, 0.15) is 18.1 Å².